The van der Waals surface area contributed by atoms with Crippen LogP contribution in [-0.2, 0) is 4.79 Å². The first-order chi connectivity index (χ1) is 8.09. The number of hydrogen-bond donors (Lipinski definition) is 1. The van der Waals surface area contributed by atoms with E-state index in [-0.39, 0.29) is 5.92 Å². The van der Waals surface area contributed by atoms with Crippen LogP contribution in [-0.4, -0.2) is 36.0 Å². The molecule has 17 heavy (non-hydrogen) atoms. The van der Waals surface area contributed by atoms with Crippen molar-refractivity contribution in [1.82, 2.24) is 10.2 Å². The lowest BCUT2D eigenvalue weighted by Gasteiger charge is -2.32. The molecule has 2 unspecified atom stereocenters. The maximum atomic E-state index is 12.5. The zero-order valence-electron chi connectivity index (χ0n) is 11.4. The van der Waals surface area contributed by atoms with Gasteiger partial charge in [0.25, 0.3) is 0 Å². The van der Waals surface area contributed by atoms with Crippen LogP contribution in [0.3, 0.4) is 0 Å². The number of nitrogens with zero attached hydrogens (tertiary/aromatic N) is 1. The minimum atomic E-state index is 0.235. The highest BCUT2D eigenvalue weighted by molar-refractivity contribution is 5.79. The topological polar surface area (TPSA) is 32.3 Å². The Morgan fingerprint density at radius 3 is 2.47 bits per heavy atom. The highest BCUT2D eigenvalue weighted by Gasteiger charge is 2.36. The Labute approximate surface area is 105 Å². The number of hydrogen-bond acceptors (Lipinski definition) is 2. The zero-order chi connectivity index (χ0) is 12.4. The Bertz CT molecular complexity index is 267. The molecule has 0 spiro atoms. The van der Waals surface area contributed by atoms with Crippen molar-refractivity contribution < 1.29 is 4.79 Å². The Hall–Kier alpha value is -0.570. The third-order valence-corrected chi connectivity index (χ3v) is 4.20. The summed E-state index contributed by atoms with van der Waals surface area (Å²) < 4.78 is 0. The van der Waals surface area contributed by atoms with E-state index in [1.54, 1.807) is 0 Å². The summed E-state index contributed by atoms with van der Waals surface area (Å²) >= 11 is 0. The fourth-order valence-electron chi connectivity index (χ4n) is 2.76. The van der Waals surface area contributed by atoms with Crippen LogP contribution in [0.5, 0.6) is 0 Å². The lowest BCUT2D eigenvalue weighted by Crippen LogP contribution is -2.47. The van der Waals surface area contributed by atoms with Gasteiger partial charge in [-0.25, -0.2) is 0 Å². The summed E-state index contributed by atoms with van der Waals surface area (Å²) in [5, 5.41) is 3.49. The van der Waals surface area contributed by atoms with Crippen LogP contribution in [0.2, 0.25) is 0 Å². The molecule has 0 aromatic heterocycles. The van der Waals surface area contributed by atoms with Crippen molar-refractivity contribution in [1.29, 1.82) is 0 Å². The number of rotatable bonds is 5. The smallest absolute Gasteiger partial charge is 0.225 e. The molecule has 0 aromatic rings. The molecule has 1 saturated heterocycles. The molecule has 2 aliphatic rings. The molecule has 3 heteroatoms. The second-order valence-corrected chi connectivity index (χ2v) is 6.00. The van der Waals surface area contributed by atoms with Crippen molar-refractivity contribution in [2.45, 2.75) is 58.5 Å². The van der Waals surface area contributed by atoms with Crippen LogP contribution in [0, 0.1) is 11.8 Å². The van der Waals surface area contributed by atoms with E-state index in [0.717, 1.165) is 13.1 Å². The van der Waals surface area contributed by atoms with Crippen molar-refractivity contribution in [3.63, 3.8) is 0 Å². The summed E-state index contributed by atoms with van der Waals surface area (Å²) in [4.78, 5) is 14.5. The van der Waals surface area contributed by atoms with Crippen molar-refractivity contribution >= 4 is 5.91 Å². The molecule has 0 bridgehead atoms. The van der Waals surface area contributed by atoms with Crippen molar-refractivity contribution in [2.75, 3.05) is 13.1 Å². The quantitative estimate of drug-likeness (QED) is 0.795. The van der Waals surface area contributed by atoms with Gasteiger partial charge in [0.2, 0.25) is 5.91 Å². The molecule has 1 heterocycles. The standard InChI is InChI=1S/C14H26N2O/c1-10(2)16(9-13-5-4-8-15-13)14(17)11(3)12-6-7-12/h10-13,15H,4-9H2,1-3H3. The molecule has 0 aromatic carbocycles. The van der Waals surface area contributed by atoms with Gasteiger partial charge in [0, 0.05) is 24.5 Å². The van der Waals surface area contributed by atoms with Gasteiger partial charge in [-0.3, -0.25) is 4.79 Å². The highest BCUT2D eigenvalue weighted by atomic mass is 16.2. The number of amides is 1. The van der Waals surface area contributed by atoms with Gasteiger partial charge in [-0.15, -0.1) is 0 Å². The van der Waals surface area contributed by atoms with Crippen LogP contribution >= 0.6 is 0 Å². The van der Waals surface area contributed by atoms with Gasteiger partial charge in [-0.05, 0) is 52.0 Å². The first kappa shape index (κ1) is 12.9. The van der Waals surface area contributed by atoms with Crippen LogP contribution in [0.25, 0.3) is 0 Å². The molecule has 1 saturated carbocycles. The van der Waals surface area contributed by atoms with Gasteiger partial charge < -0.3 is 10.2 Å². The predicted molar refractivity (Wildman–Crippen MR) is 69.8 cm³/mol. The average molecular weight is 238 g/mol. The number of nitrogens with one attached hydrogen (secondary N) is 1. The van der Waals surface area contributed by atoms with Crippen molar-refractivity contribution in [3.8, 4) is 0 Å². The normalized spacial score (nSPS) is 26.2. The summed E-state index contributed by atoms with van der Waals surface area (Å²) in [7, 11) is 0. The maximum Gasteiger partial charge on any atom is 0.225 e. The molecule has 1 amide bonds. The molecular formula is C14H26N2O. The van der Waals surface area contributed by atoms with E-state index in [9.17, 15) is 4.79 Å². The van der Waals surface area contributed by atoms with E-state index in [1.807, 2.05) is 0 Å². The summed E-state index contributed by atoms with van der Waals surface area (Å²) in [6.45, 7) is 8.38. The van der Waals surface area contributed by atoms with E-state index in [1.165, 1.54) is 25.7 Å². The predicted octanol–water partition coefficient (Wildman–Crippen LogP) is 2.02. The first-order valence-electron chi connectivity index (χ1n) is 7.13. The molecule has 1 aliphatic heterocycles. The van der Waals surface area contributed by atoms with Crippen LogP contribution < -0.4 is 5.32 Å². The van der Waals surface area contributed by atoms with Gasteiger partial charge >= 0.3 is 0 Å². The summed E-state index contributed by atoms with van der Waals surface area (Å²) in [5.74, 6) is 1.27. The van der Waals surface area contributed by atoms with E-state index in [4.69, 9.17) is 0 Å². The van der Waals surface area contributed by atoms with Gasteiger partial charge in [0.15, 0.2) is 0 Å². The molecule has 2 fully saturated rings. The third-order valence-electron chi connectivity index (χ3n) is 4.20. The largest absolute Gasteiger partial charge is 0.338 e. The Balaban J connectivity index is 1.92. The Morgan fingerprint density at radius 1 is 1.29 bits per heavy atom. The van der Waals surface area contributed by atoms with Crippen LogP contribution in [0.4, 0.5) is 0 Å². The molecule has 2 atom stereocenters. The van der Waals surface area contributed by atoms with E-state index in [0.29, 0.717) is 23.9 Å². The fraction of sp³-hybridized carbons (Fsp3) is 0.929. The number of carbonyl (C=O) groups excluding carboxylic acids is 1. The Kier molecular flexibility index (Phi) is 4.08. The third kappa shape index (κ3) is 3.21. The van der Waals surface area contributed by atoms with Gasteiger partial charge in [-0.2, -0.15) is 0 Å². The molecular weight excluding hydrogens is 212 g/mol. The van der Waals surface area contributed by atoms with Crippen LogP contribution in [0.15, 0.2) is 0 Å². The monoisotopic (exact) mass is 238 g/mol. The molecule has 2 rings (SSSR count). The van der Waals surface area contributed by atoms with Crippen molar-refractivity contribution in [2.24, 2.45) is 11.8 Å². The van der Waals surface area contributed by atoms with Gasteiger partial charge in [0.1, 0.15) is 0 Å². The molecule has 1 N–H and O–H groups in total. The lowest BCUT2D eigenvalue weighted by atomic mass is 10.0. The van der Waals surface area contributed by atoms with Gasteiger partial charge in [-0.1, -0.05) is 6.92 Å². The first-order valence-corrected chi connectivity index (χ1v) is 7.13. The molecule has 98 valence electrons. The molecule has 1 aliphatic carbocycles. The minimum Gasteiger partial charge on any atom is -0.338 e. The van der Waals surface area contributed by atoms with Crippen LogP contribution in [0.1, 0.15) is 46.5 Å². The maximum absolute atomic E-state index is 12.5. The van der Waals surface area contributed by atoms with E-state index >= 15 is 0 Å². The molecule has 0 radical (unpaired) electrons. The summed E-state index contributed by atoms with van der Waals surface area (Å²) in [5.41, 5.74) is 0. The summed E-state index contributed by atoms with van der Waals surface area (Å²) in [6, 6.07) is 0.846. The SMILES string of the molecule is CC(C(=O)N(CC1CCCN1)C(C)C)C1CC1. The number of carbonyl (C=O) groups is 1. The molecule has 3 nitrogen and oxygen atoms in total. The second kappa shape index (κ2) is 5.38. The highest BCUT2D eigenvalue weighted by Crippen LogP contribution is 2.37. The Morgan fingerprint density at radius 2 is 2.00 bits per heavy atom. The van der Waals surface area contributed by atoms with Gasteiger partial charge in [0.05, 0.1) is 0 Å². The lowest BCUT2D eigenvalue weighted by molar-refractivity contribution is -0.137. The van der Waals surface area contributed by atoms with E-state index in [2.05, 4.69) is 31.0 Å². The van der Waals surface area contributed by atoms with Crippen molar-refractivity contribution in [3.05, 3.63) is 0 Å². The average Bonchev–Trinajstić information content (AvgIpc) is 3.02. The second-order valence-electron chi connectivity index (χ2n) is 6.00. The van der Waals surface area contributed by atoms with E-state index < -0.39 is 0 Å². The summed E-state index contributed by atoms with van der Waals surface area (Å²) in [6.07, 6.45) is 4.97. The fourth-order valence-corrected chi connectivity index (χ4v) is 2.76. The minimum absolute atomic E-state index is 0.235. The zero-order valence-corrected chi connectivity index (χ0v) is 11.4.